The maximum Gasteiger partial charge on any atom is 0.122 e. The van der Waals surface area contributed by atoms with Crippen molar-refractivity contribution in [1.82, 2.24) is 5.43 Å². The fourth-order valence-corrected chi connectivity index (χ4v) is 2.31. The second-order valence-electron chi connectivity index (χ2n) is 4.75. The lowest BCUT2D eigenvalue weighted by atomic mass is 9.88. The van der Waals surface area contributed by atoms with E-state index in [9.17, 15) is 0 Å². The average Bonchev–Trinajstić information content (AvgIpc) is 2.44. The number of hydrogen-bond acceptors (Lipinski definition) is 4. The molecule has 2 unspecified atom stereocenters. The Morgan fingerprint density at radius 2 is 2.11 bits per heavy atom. The third-order valence-corrected chi connectivity index (χ3v) is 4.01. The molecule has 0 fully saturated rings. The molecule has 0 bridgehead atoms. The summed E-state index contributed by atoms with van der Waals surface area (Å²) >= 11 is 6.04. The van der Waals surface area contributed by atoms with E-state index in [2.05, 4.69) is 12.3 Å². The molecule has 1 aromatic carbocycles. The highest BCUT2D eigenvalue weighted by Crippen LogP contribution is 2.28. The van der Waals surface area contributed by atoms with Crippen LogP contribution in [0.3, 0.4) is 0 Å². The largest absolute Gasteiger partial charge is 0.496 e. The van der Waals surface area contributed by atoms with Gasteiger partial charge in [-0.3, -0.25) is 11.3 Å². The summed E-state index contributed by atoms with van der Waals surface area (Å²) in [6.07, 6.45) is 1.53. The Balaban J connectivity index is 3.01. The Bertz CT molecular complexity index is 408. The highest BCUT2D eigenvalue weighted by Gasteiger charge is 2.32. The first-order valence-corrected chi connectivity index (χ1v) is 6.72. The minimum atomic E-state index is -0.345. The molecule has 2 atom stereocenters. The number of hydrogen-bond donors (Lipinski definition) is 2. The summed E-state index contributed by atoms with van der Waals surface area (Å²) in [5.41, 5.74) is 3.50. The lowest BCUT2D eigenvalue weighted by Gasteiger charge is -2.35. The van der Waals surface area contributed by atoms with Gasteiger partial charge < -0.3 is 9.47 Å². The SMILES string of the molecule is CCC(C)(OC)C(Cc1cc(Cl)ccc1OC)NN. The van der Waals surface area contributed by atoms with Gasteiger partial charge in [0.25, 0.3) is 0 Å². The number of methoxy groups -OCH3 is 2. The van der Waals surface area contributed by atoms with Gasteiger partial charge in [-0.1, -0.05) is 18.5 Å². The second kappa shape index (κ2) is 7.10. The molecular weight excluding hydrogens is 264 g/mol. The Kier molecular flexibility index (Phi) is 6.07. The molecule has 5 heteroatoms. The average molecular weight is 287 g/mol. The molecule has 0 aliphatic carbocycles. The maximum absolute atomic E-state index is 6.04. The number of rotatable bonds is 7. The van der Waals surface area contributed by atoms with Crippen molar-refractivity contribution in [1.29, 1.82) is 0 Å². The first-order chi connectivity index (χ1) is 9.00. The van der Waals surface area contributed by atoms with Gasteiger partial charge in [0.1, 0.15) is 5.75 Å². The standard InChI is InChI=1S/C14H23ClN2O2/c1-5-14(2,19-4)13(17-16)9-10-8-11(15)6-7-12(10)18-3/h6-8,13,17H,5,9,16H2,1-4H3. The summed E-state index contributed by atoms with van der Waals surface area (Å²) in [6, 6.07) is 5.54. The van der Waals surface area contributed by atoms with Crippen molar-refractivity contribution in [2.24, 2.45) is 5.84 Å². The van der Waals surface area contributed by atoms with Crippen molar-refractivity contribution < 1.29 is 9.47 Å². The van der Waals surface area contributed by atoms with Gasteiger partial charge in [0.05, 0.1) is 18.8 Å². The molecule has 1 aromatic rings. The quantitative estimate of drug-likeness (QED) is 0.597. The van der Waals surface area contributed by atoms with E-state index in [1.54, 1.807) is 14.2 Å². The van der Waals surface area contributed by atoms with Gasteiger partial charge in [0.15, 0.2) is 0 Å². The molecule has 0 spiro atoms. The normalized spacial score (nSPS) is 15.9. The van der Waals surface area contributed by atoms with Crippen LogP contribution in [0.1, 0.15) is 25.8 Å². The van der Waals surface area contributed by atoms with Gasteiger partial charge in [-0.05, 0) is 43.5 Å². The van der Waals surface area contributed by atoms with Crippen LogP contribution in [-0.4, -0.2) is 25.9 Å². The number of hydrazine groups is 1. The van der Waals surface area contributed by atoms with Crippen molar-refractivity contribution in [3.8, 4) is 5.75 Å². The number of halogens is 1. The Morgan fingerprint density at radius 1 is 1.42 bits per heavy atom. The zero-order chi connectivity index (χ0) is 14.5. The zero-order valence-electron chi connectivity index (χ0n) is 12.0. The summed E-state index contributed by atoms with van der Waals surface area (Å²) in [7, 11) is 3.34. The van der Waals surface area contributed by atoms with Gasteiger partial charge >= 0.3 is 0 Å². The van der Waals surface area contributed by atoms with Crippen LogP contribution in [0.2, 0.25) is 5.02 Å². The molecule has 0 saturated carbocycles. The maximum atomic E-state index is 6.04. The van der Waals surface area contributed by atoms with Crippen molar-refractivity contribution in [3.63, 3.8) is 0 Å². The van der Waals surface area contributed by atoms with Gasteiger partial charge in [0, 0.05) is 12.1 Å². The monoisotopic (exact) mass is 286 g/mol. The summed E-state index contributed by atoms with van der Waals surface area (Å²) < 4.78 is 11.0. The molecule has 0 saturated heterocycles. The summed E-state index contributed by atoms with van der Waals surface area (Å²) in [6.45, 7) is 4.11. The molecule has 1 rings (SSSR count). The number of nitrogens with two attached hydrogens (primary N) is 1. The van der Waals surface area contributed by atoms with Crippen LogP contribution in [0.15, 0.2) is 18.2 Å². The minimum Gasteiger partial charge on any atom is -0.496 e. The van der Waals surface area contributed by atoms with Crippen LogP contribution in [-0.2, 0) is 11.2 Å². The van der Waals surface area contributed by atoms with E-state index in [1.165, 1.54) is 0 Å². The highest BCUT2D eigenvalue weighted by atomic mass is 35.5. The molecule has 0 aliphatic heterocycles. The number of ether oxygens (including phenoxy) is 2. The van der Waals surface area contributed by atoms with Crippen molar-refractivity contribution in [2.45, 2.75) is 38.3 Å². The van der Waals surface area contributed by atoms with E-state index in [1.807, 2.05) is 25.1 Å². The summed E-state index contributed by atoms with van der Waals surface area (Å²) in [5, 5.41) is 0.683. The van der Waals surface area contributed by atoms with E-state index in [4.69, 9.17) is 26.9 Å². The van der Waals surface area contributed by atoms with Crippen LogP contribution >= 0.6 is 11.6 Å². The highest BCUT2D eigenvalue weighted by molar-refractivity contribution is 6.30. The smallest absolute Gasteiger partial charge is 0.122 e. The zero-order valence-corrected chi connectivity index (χ0v) is 12.8. The number of nitrogens with one attached hydrogen (secondary N) is 1. The van der Waals surface area contributed by atoms with E-state index in [0.717, 1.165) is 17.7 Å². The topological polar surface area (TPSA) is 56.5 Å². The van der Waals surface area contributed by atoms with Crippen molar-refractivity contribution in [2.75, 3.05) is 14.2 Å². The van der Waals surface area contributed by atoms with Crippen LogP contribution < -0.4 is 16.0 Å². The Morgan fingerprint density at radius 3 is 2.58 bits per heavy atom. The lowest BCUT2D eigenvalue weighted by Crippen LogP contribution is -2.53. The molecule has 0 heterocycles. The molecular formula is C14H23ClN2O2. The van der Waals surface area contributed by atoms with Crippen molar-refractivity contribution in [3.05, 3.63) is 28.8 Å². The lowest BCUT2D eigenvalue weighted by molar-refractivity contribution is -0.0289. The molecule has 0 aliphatic rings. The van der Waals surface area contributed by atoms with E-state index < -0.39 is 0 Å². The molecule has 19 heavy (non-hydrogen) atoms. The third-order valence-electron chi connectivity index (χ3n) is 3.77. The molecule has 3 N–H and O–H groups in total. The summed E-state index contributed by atoms with van der Waals surface area (Å²) in [4.78, 5) is 0. The summed E-state index contributed by atoms with van der Waals surface area (Å²) in [5.74, 6) is 6.49. The predicted molar refractivity (Wildman–Crippen MR) is 78.5 cm³/mol. The number of benzene rings is 1. The first kappa shape index (κ1) is 16.2. The molecule has 0 aromatic heterocycles. The predicted octanol–water partition coefficient (Wildman–Crippen LogP) is 2.54. The Hall–Kier alpha value is -0.810. The second-order valence-corrected chi connectivity index (χ2v) is 5.19. The van der Waals surface area contributed by atoms with E-state index >= 15 is 0 Å². The van der Waals surface area contributed by atoms with Gasteiger partial charge in [-0.2, -0.15) is 0 Å². The molecule has 108 valence electrons. The van der Waals surface area contributed by atoms with Gasteiger partial charge in [-0.25, -0.2) is 0 Å². The van der Waals surface area contributed by atoms with Crippen LogP contribution in [0.5, 0.6) is 5.75 Å². The fourth-order valence-electron chi connectivity index (χ4n) is 2.11. The van der Waals surface area contributed by atoms with Gasteiger partial charge in [-0.15, -0.1) is 0 Å². The van der Waals surface area contributed by atoms with E-state index in [0.29, 0.717) is 11.4 Å². The first-order valence-electron chi connectivity index (χ1n) is 6.34. The minimum absolute atomic E-state index is 0.0325. The van der Waals surface area contributed by atoms with E-state index in [-0.39, 0.29) is 11.6 Å². The van der Waals surface area contributed by atoms with Crippen molar-refractivity contribution >= 4 is 11.6 Å². The fraction of sp³-hybridized carbons (Fsp3) is 0.571. The van der Waals surface area contributed by atoms with Crippen LogP contribution in [0.4, 0.5) is 0 Å². The molecule has 0 amide bonds. The van der Waals surface area contributed by atoms with Gasteiger partial charge in [0.2, 0.25) is 0 Å². The Labute approximate surface area is 120 Å². The molecule has 0 radical (unpaired) electrons. The van der Waals surface area contributed by atoms with Crippen LogP contribution in [0.25, 0.3) is 0 Å². The third kappa shape index (κ3) is 3.83. The molecule has 4 nitrogen and oxygen atoms in total. The van der Waals surface area contributed by atoms with Crippen LogP contribution in [0, 0.1) is 0 Å².